The summed E-state index contributed by atoms with van der Waals surface area (Å²) in [6.07, 6.45) is -23.3. The molecule has 0 aromatic heterocycles. The van der Waals surface area contributed by atoms with Crippen molar-refractivity contribution in [2.45, 2.75) is 30.7 Å². The molecule has 0 aliphatic rings. The Morgan fingerprint density at radius 3 is 1.76 bits per heavy atom. The van der Waals surface area contributed by atoms with Crippen LogP contribution < -0.4 is 4.74 Å². The number of hydrogen-bond donors (Lipinski definition) is 0. The van der Waals surface area contributed by atoms with Crippen molar-refractivity contribution < 1.29 is 58.2 Å². The lowest BCUT2D eigenvalue weighted by Crippen LogP contribution is -2.56. The van der Waals surface area contributed by atoms with Crippen LogP contribution in [0.15, 0.2) is 24.3 Å². The van der Waals surface area contributed by atoms with Crippen molar-refractivity contribution in [1.29, 1.82) is 0 Å². The number of carbonyl (C=O) groups is 1. The van der Waals surface area contributed by atoms with Crippen LogP contribution >= 0.6 is 0 Å². The Balaban J connectivity index is 2.92. The van der Waals surface area contributed by atoms with E-state index in [-0.39, 0.29) is 11.8 Å². The highest BCUT2D eigenvalue weighted by Gasteiger charge is 2.76. The number of rotatable bonds is 7. The molecule has 13 heteroatoms. The molecule has 3 nitrogen and oxygen atoms in total. The fraction of sp³-hybridized carbons (Fsp3) is 0.417. The molecule has 142 valence electrons. The molecular weight excluding hydrogens is 382 g/mol. The maximum Gasteiger partial charge on any atom is 0.462 e. The van der Waals surface area contributed by atoms with E-state index in [9.17, 15) is 48.7 Å². The molecule has 1 atom stereocenters. The molecule has 1 aromatic rings. The van der Waals surface area contributed by atoms with Gasteiger partial charge in [0.2, 0.25) is 0 Å². The Hall–Kier alpha value is -2.05. The molecule has 1 unspecified atom stereocenters. The van der Waals surface area contributed by atoms with E-state index in [1.165, 1.54) is 0 Å². The van der Waals surface area contributed by atoms with Crippen molar-refractivity contribution in [2.75, 3.05) is 0 Å². The minimum atomic E-state index is -6.94. The number of hydrogen-bond acceptors (Lipinski definition) is 3. The van der Waals surface area contributed by atoms with Crippen LogP contribution in [0.1, 0.15) is 10.4 Å². The van der Waals surface area contributed by atoms with Gasteiger partial charge in [-0.3, -0.25) is 9.53 Å². The van der Waals surface area contributed by atoms with Crippen molar-refractivity contribution in [1.82, 2.24) is 0 Å². The predicted octanol–water partition coefficient (Wildman–Crippen LogP) is 4.57. The van der Waals surface area contributed by atoms with Crippen molar-refractivity contribution in [3.05, 3.63) is 29.8 Å². The number of benzene rings is 1. The van der Waals surface area contributed by atoms with E-state index in [2.05, 4.69) is 9.47 Å². The zero-order chi connectivity index (χ0) is 19.7. The van der Waals surface area contributed by atoms with Crippen molar-refractivity contribution >= 4 is 6.29 Å². The Morgan fingerprint density at radius 1 is 0.880 bits per heavy atom. The summed E-state index contributed by atoms with van der Waals surface area (Å²) in [6, 6.07) is 3.09. The number of halogens is 10. The first kappa shape index (κ1) is 21.0. The monoisotopic (exact) mass is 388 g/mol. The summed E-state index contributed by atoms with van der Waals surface area (Å²) < 4.78 is 131. The normalized spacial score (nSPS) is 15.0. The highest BCUT2D eigenvalue weighted by Crippen LogP contribution is 2.48. The van der Waals surface area contributed by atoms with Gasteiger partial charge in [-0.05, 0) is 24.3 Å². The third kappa shape index (κ3) is 4.52. The first-order valence-electron chi connectivity index (χ1n) is 5.90. The molecular formula is C12H6F10O3. The van der Waals surface area contributed by atoms with Crippen LogP contribution in [0.25, 0.3) is 0 Å². The van der Waals surface area contributed by atoms with Crippen LogP contribution in [0.3, 0.4) is 0 Å². The first-order chi connectivity index (χ1) is 11.1. The standard InChI is InChI=1S/C12H6F10O3/c13-8(25-12(21,22)10(16,17)11(18,19)20)9(14,15)24-7-3-1-6(5-23)2-4-7/h1-5,8H. The maximum atomic E-state index is 13.2. The van der Waals surface area contributed by atoms with Gasteiger partial charge in [0.05, 0.1) is 0 Å². The smallest absolute Gasteiger partial charge is 0.429 e. The van der Waals surface area contributed by atoms with Gasteiger partial charge in [-0.25, -0.2) is 4.39 Å². The third-order valence-corrected chi connectivity index (χ3v) is 2.51. The zero-order valence-corrected chi connectivity index (χ0v) is 11.5. The molecule has 0 saturated heterocycles. The molecule has 1 aromatic carbocycles. The van der Waals surface area contributed by atoms with Crippen LogP contribution in [0, 0.1) is 0 Å². The molecule has 0 saturated carbocycles. The first-order valence-corrected chi connectivity index (χ1v) is 5.90. The van der Waals surface area contributed by atoms with Gasteiger partial charge >= 0.3 is 30.7 Å². The average molecular weight is 388 g/mol. The van der Waals surface area contributed by atoms with Crippen LogP contribution in [-0.4, -0.2) is 37.0 Å². The van der Waals surface area contributed by atoms with Gasteiger partial charge in [0, 0.05) is 5.56 Å². The molecule has 0 N–H and O–H groups in total. The molecule has 0 heterocycles. The molecule has 0 aliphatic carbocycles. The van der Waals surface area contributed by atoms with Crippen molar-refractivity contribution in [3.63, 3.8) is 0 Å². The Kier molecular flexibility index (Phi) is 5.62. The SMILES string of the molecule is O=Cc1ccc(OC(F)(F)C(F)OC(F)(F)C(F)(F)C(F)(F)F)cc1. The van der Waals surface area contributed by atoms with E-state index in [0.717, 1.165) is 12.1 Å². The van der Waals surface area contributed by atoms with Crippen LogP contribution in [0.4, 0.5) is 43.9 Å². The van der Waals surface area contributed by atoms with Gasteiger partial charge < -0.3 is 4.74 Å². The van der Waals surface area contributed by atoms with Crippen molar-refractivity contribution in [3.8, 4) is 5.75 Å². The summed E-state index contributed by atoms with van der Waals surface area (Å²) in [6.45, 7) is 0. The van der Waals surface area contributed by atoms with E-state index >= 15 is 0 Å². The van der Waals surface area contributed by atoms with Crippen molar-refractivity contribution in [2.24, 2.45) is 0 Å². The summed E-state index contributed by atoms with van der Waals surface area (Å²) in [7, 11) is 0. The molecule has 0 amide bonds. The molecule has 0 fully saturated rings. The highest BCUT2D eigenvalue weighted by molar-refractivity contribution is 5.74. The fourth-order valence-corrected chi connectivity index (χ4v) is 1.26. The van der Waals surface area contributed by atoms with E-state index in [0.29, 0.717) is 12.1 Å². The van der Waals surface area contributed by atoms with Gasteiger partial charge in [-0.1, -0.05) is 0 Å². The topological polar surface area (TPSA) is 35.5 Å². The Morgan fingerprint density at radius 2 is 1.36 bits per heavy atom. The van der Waals surface area contributed by atoms with Crippen LogP contribution in [-0.2, 0) is 4.74 Å². The van der Waals surface area contributed by atoms with E-state index in [1.807, 2.05) is 0 Å². The predicted molar refractivity (Wildman–Crippen MR) is 59.3 cm³/mol. The lowest BCUT2D eigenvalue weighted by Gasteiger charge is -2.30. The molecule has 1 rings (SSSR count). The summed E-state index contributed by atoms with van der Waals surface area (Å²) in [4.78, 5) is 10.3. The maximum absolute atomic E-state index is 13.2. The highest BCUT2D eigenvalue weighted by atomic mass is 19.4. The summed E-state index contributed by atoms with van der Waals surface area (Å²) in [5, 5.41) is 0. The van der Waals surface area contributed by atoms with Gasteiger partial charge in [0.1, 0.15) is 12.0 Å². The Bertz CT molecular complexity index is 596. The second-order valence-electron chi connectivity index (χ2n) is 4.37. The van der Waals surface area contributed by atoms with Gasteiger partial charge in [0.15, 0.2) is 0 Å². The molecule has 0 aliphatic heterocycles. The number of carbonyl (C=O) groups excluding carboxylic acids is 1. The van der Waals surface area contributed by atoms with E-state index in [1.54, 1.807) is 0 Å². The number of aldehydes is 1. The zero-order valence-electron chi connectivity index (χ0n) is 11.5. The molecule has 0 bridgehead atoms. The van der Waals surface area contributed by atoms with Crippen LogP contribution in [0.5, 0.6) is 5.75 Å². The lowest BCUT2D eigenvalue weighted by molar-refractivity contribution is -0.460. The van der Waals surface area contributed by atoms with Gasteiger partial charge in [-0.2, -0.15) is 39.5 Å². The molecule has 0 radical (unpaired) electrons. The summed E-state index contributed by atoms with van der Waals surface area (Å²) in [5.41, 5.74) is -0.0416. The van der Waals surface area contributed by atoms with E-state index in [4.69, 9.17) is 0 Å². The van der Waals surface area contributed by atoms with Gasteiger partial charge in [0.25, 0.3) is 0 Å². The van der Waals surface area contributed by atoms with Crippen LogP contribution in [0.2, 0.25) is 0 Å². The number of alkyl halides is 10. The minimum Gasteiger partial charge on any atom is -0.429 e. The van der Waals surface area contributed by atoms with Gasteiger partial charge in [-0.15, -0.1) is 0 Å². The quantitative estimate of drug-likeness (QED) is 0.507. The molecule has 25 heavy (non-hydrogen) atoms. The largest absolute Gasteiger partial charge is 0.462 e. The average Bonchev–Trinajstić information content (AvgIpc) is 2.45. The second kappa shape index (κ2) is 6.69. The third-order valence-electron chi connectivity index (χ3n) is 2.51. The minimum absolute atomic E-state index is 0.0416. The fourth-order valence-electron chi connectivity index (χ4n) is 1.26. The Labute approximate surface area is 132 Å². The molecule has 0 spiro atoms. The summed E-state index contributed by atoms with van der Waals surface area (Å²) >= 11 is 0. The second-order valence-corrected chi connectivity index (χ2v) is 4.37. The number of ether oxygens (including phenoxy) is 2. The van der Waals surface area contributed by atoms with E-state index < -0.39 is 36.4 Å². The summed E-state index contributed by atoms with van der Waals surface area (Å²) in [5.74, 6) is -7.85. The lowest BCUT2D eigenvalue weighted by atomic mass is 10.2.